The maximum Gasteiger partial charge on any atom is 0.0240 e. The Morgan fingerprint density at radius 3 is 1.65 bits per heavy atom. The zero-order valence-corrected chi connectivity index (χ0v) is 17.7. The Hall–Kier alpha value is -3.86. The van der Waals surface area contributed by atoms with Gasteiger partial charge in [0.1, 0.15) is 0 Å². The molecule has 5 aromatic carbocycles. The summed E-state index contributed by atoms with van der Waals surface area (Å²) in [5.74, 6) is 0. The van der Waals surface area contributed by atoms with Crippen LogP contribution in [0.25, 0.3) is 49.0 Å². The molecule has 0 aliphatic heterocycles. The van der Waals surface area contributed by atoms with Gasteiger partial charge in [-0.2, -0.15) is 0 Å². The van der Waals surface area contributed by atoms with Crippen LogP contribution < -0.4 is 0 Å². The Kier molecular flexibility index (Phi) is 3.96. The summed E-state index contributed by atoms with van der Waals surface area (Å²) in [5.41, 5.74) is 10.8. The highest BCUT2D eigenvalue weighted by atomic mass is 14.1. The van der Waals surface area contributed by atoms with Crippen LogP contribution in [-0.2, 0) is 0 Å². The third-order valence-electron chi connectivity index (χ3n) is 6.36. The van der Waals surface area contributed by atoms with Crippen LogP contribution in [0.5, 0.6) is 0 Å². The van der Waals surface area contributed by atoms with E-state index in [0.717, 1.165) is 0 Å². The molecule has 0 saturated carbocycles. The molecule has 1 aliphatic carbocycles. The summed E-state index contributed by atoms with van der Waals surface area (Å²) in [6, 6.07) is 31.3. The van der Waals surface area contributed by atoms with Crippen LogP contribution in [0.4, 0.5) is 0 Å². The molecule has 0 N–H and O–H groups in total. The van der Waals surface area contributed by atoms with Crippen molar-refractivity contribution in [2.45, 2.75) is 13.8 Å². The van der Waals surface area contributed by atoms with Crippen LogP contribution in [0.1, 0.15) is 18.1 Å². The van der Waals surface area contributed by atoms with Gasteiger partial charge in [-0.15, -0.1) is 5.73 Å². The Morgan fingerprint density at radius 1 is 0.484 bits per heavy atom. The first-order valence-corrected chi connectivity index (χ1v) is 10.8. The van der Waals surface area contributed by atoms with Crippen molar-refractivity contribution in [3.8, 4) is 11.1 Å². The second-order valence-corrected chi connectivity index (χ2v) is 8.49. The van der Waals surface area contributed by atoms with Crippen LogP contribution in [0, 0.1) is 6.92 Å². The van der Waals surface area contributed by atoms with Crippen molar-refractivity contribution < 1.29 is 0 Å². The molecule has 5 aromatic rings. The SMILES string of the molecule is CC1=C=C(c2ccc3c4ccc(-c5ccc(C)cc5)cc4c4ccccc4c3c2)C=C1. The molecule has 0 aromatic heterocycles. The number of hydrogen-bond donors (Lipinski definition) is 0. The number of allylic oxidation sites excluding steroid dienone is 3. The second-order valence-electron chi connectivity index (χ2n) is 8.49. The maximum absolute atomic E-state index is 3.47. The normalized spacial score (nSPS) is 13.2. The van der Waals surface area contributed by atoms with E-state index >= 15 is 0 Å². The number of rotatable bonds is 2. The van der Waals surface area contributed by atoms with Crippen molar-refractivity contribution >= 4 is 37.9 Å². The minimum absolute atomic E-state index is 1.17. The summed E-state index contributed by atoms with van der Waals surface area (Å²) in [4.78, 5) is 0. The monoisotopic (exact) mass is 394 g/mol. The minimum Gasteiger partial charge on any atom is -0.109 e. The predicted octanol–water partition coefficient (Wildman–Crippen LogP) is 8.62. The molecule has 0 spiro atoms. The first-order valence-electron chi connectivity index (χ1n) is 10.8. The van der Waals surface area contributed by atoms with Crippen molar-refractivity contribution in [1.29, 1.82) is 0 Å². The van der Waals surface area contributed by atoms with Gasteiger partial charge in [-0.1, -0.05) is 84.4 Å². The van der Waals surface area contributed by atoms with Gasteiger partial charge in [0.15, 0.2) is 0 Å². The zero-order valence-electron chi connectivity index (χ0n) is 17.7. The second kappa shape index (κ2) is 6.84. The average molecular weight is 395 g/mol. The Bertz CT molecular complexity index is 1580. The number of fused-ring (bicyclic) bond motifs is 6. The lowest BCUT2D eigenvalue weighted by molar-refractivity contribution is 1.47. The highest BCUT2D eigenvalue weighted by Crippen LogP contribution is 2.38. The van der Waals surface area contributed by atoms with E-state index in [1.165, 1.54) is 65.7 Å². The average Bonchev–Trinajstić information content (AvgIpc) is 3.25. The zero-order chi connectivity index (χ0) is 20.9. The molecule has 6 rings (SSSR count). The van der Waals surface area contributed by atoms with Gasteiger partial charge in [-0.3, -0.25) is 0 Å². The quantitative estimate of drug-likeness (QED) is 0.208. The molecular weight excluding hydrogens is 372 g/mol. The minimum atomic E-state index is 1.17. The summed E-state index contributed by atoms with van der Waals surface area (Å²) < 4.78 is 0. The predicted molar refractivity (Wildman–Crippen MR) is 134 cm³/mol. The number of benzene rings is 5. The molecule has 0 heteroatoms. The molecule has 1 aliphatic rings. The molecule has 31 heavy (non-hydrogen) atoms. The number of hydrogen-bond acceptors (Lipinski definition) is 0. The van der Waals surface area contributed by atoms with Gasteiger partial charge in [-0.05, 0) is 86.6 Å². The highest BCUT2D eigenvalue weighted by Gasteiger charge is 2.12. The molecule has 0 fully saturated rings. The van der Waals surface area contributed by atoms with E-state index in [4.69, 9.17) is 0 Å². The molecule has 0 nitrogen and oxygen atoms in total. The van der Waals surface area contributed by atoms with Crippen LogP contribution >= 0.6 is 0 Å². The maximum atomic E-state index is 3.47. The molecule has 0 atom stereocenters. The molecule has 0 amide bonds. The highest BCUT2D eigenvalue weighted by molar-refractivity contribution is 6.26. The van der Waals surface area contributed by atoms with Crippen LogP contribution in [0.3, 0.4) is 0 Å². The van der Waals surface area contributed by atoms with Crippen LogP contribution in [-0.4, -0.2) is 0 Å². The van der Waals surface area contributed by atoms with Crippen LogP contribution in [0.2, 0.25) is 0 Å². The van der Waals surface area contributed by atoms with Crippen molar-refractivity contribution in [3.05, 3.63) is 120 Å². The lowest BCUT2D eigenvalue weighted by atomic mass is 9.90. The molecule has 0 heterocycles. The summed E-state index contributed by atoms with van der Waals surface area (Å²) in [7, 11) is 0. The van der Waals surface area contributed by atoms with E-state index in [1.807, 2.05) is 0 Å². The van der Waals surface area contributed by atoms with Gasteiger partial charge in [0, 0.05) is 5.57 Å². The fraction of sp³-hybridized carbons (Fsp3) is 0.0645. The summed E-state index contributed by atoms with van der Waals surface area (Å²) in [5, 5.41) is 7.82. The van der Waals surface area contributed by atoms with E-state index in [0.29, 0.717) is 0 Å². The number of aryl methyl sites for hydroxylation is 1. The molecule has 0 bridgehead atoms. The molecule has 146 valence electrons. The summed E-state index contributed by atoms with van der Waals surface area (Å²) in [6.07, 6.45) is 4.29. The van der Waals surface area contributed by atoms with Crippen LogP contribution in [0.15, 0.2) is 108 Å². The molecular formula is C31H22. The van der Waals surface area contributed by atoms with Crippen molar-refractivity contribution in [2.75, 3.05) is 0 Å². The topological polar surface area (TPSA) is 0 Å². The fourth-order valence-electron chi connectivity index (χ4n) is 4.72. The molecule has 0 saturated heterocycles. The third kappa shape index (κ3) is 2.93. The Labute approximate surface area is 182 Å². The third-order valence-corrected chi connectivity index (χ3v) is 6.36. The van der Waals surface area contributed by atoms with Gasteiger partial charge in [-0.25, -0.2) is 0 Å². The first kappa shape index (κ1) is 18.0. The van der Waals surface area contributed by atoms with E-state index in [9.17, 15) is 0 Å². The van der Waals surface area contributed by atoms with Gasteiger partial charge in [0.25, 0.3) is 0 Å². The summed E-state index contributed by atoms with van der Waals surface area (Å²) in [6.45, 7) is 4.23. The van der Waals surface area contributed by atoms with Gasteiger partial charge < -0.3 is 0 Å². The first-order chi connectivity index (χ1) is 15.2. The van der Waals surface area contributed by atoms with Crippen molar-refractivity contribution in [2.24, 2.45) is 0 Å². The van der Waals surface area contributed by atoms with Crippen molar-refractivity contribution in [3.63, 3.8) is 0 Å². The van der Waals surface area contributed by atoms with E-state index in [2.05, 4.69) is 117 Å². The van der Waals surface area contributed by atoms with E-state index in [-0.39, 0.29) is 0 Å². The Morgan fingerprint density at radius 2 is 1.03 bits per heavy atom. The van der Waals surface area contributed by atoms with Gasteiger partial charge in [0.05, 0.1) is 0 Å². The largest absolute Gasteiger partial charge is 0.109 e. The molecule has 0 unspecified atom stereocenters. The summed E-state index contributed by atoms with van der Waals surface area (Å²) >= 11 is 0. The van der Waals surface area contributed by atoms with Crippen molar-refractivity contribution in [1.82, 2.24) is 0 Å². The fourth-order valence-corrected chi connectivity index (χ4v) is 4.72. The Balaban J connectivity index is 1.66. The smallest absolute Gasteiger partial charge is 0.0240 e. The van der Waals surface area contributed by atoms with Gasteiger partial charge >= 0.3 is 0 Å². The molecule has 0 radical (unpaired) electrons. The van der Waals surface area contributed by atoms with Gasteiger partial charge in [0.2, 0.25) is 0 Å². The van der Waals surface area contributed by atoms with E-state index in [1.54, 1.807) is 0 Å². The lowest BCUT2D eigenvalue weighted by Gasteiger charge is -2.13. The standard InChI is InChI=1S/C31H22/c1-20-7-10-22(11-8-20)24-13-15-28-29-16-14-25(23-12-9-21(2)17-23)19-31(29)27-6-4-3-5-26(27)30(28)18-24/h3-16,18-19H,1-2H3. The van der Waals surface area contributed by atoms with E-state index < -0.39 is 0 Å². The lowest BCUT2D eigenvalue weighted by Crippen LogP contribution is -1.87.